The lowest BCUT2D eigenvalue weighted by Gasteiger charge is -2.12. The smallest absolute Gasteiger partial charge is 0.0648 e. The molecule has 2 N–H and O–H groups in total. The zero-order valence-corrected chi connectivity index (χ0v) is 8.92. The van der Waals surface area contributed by atoms with E-state index in [4.69, 9.17) is 5.73 Å². The molecular formula is C12H13NS. The minimum atomic E-state index is 0.0243. The maximum absolute atomic E-state index is 6.17. The second-order valence-corrected chi connectivity index (χ2v) is 4.33. The third kappa shape index (κ3) is 1.72. The third-order valence-corrected chi connectivity index (χ3v) is 3.33. The van der Waals surface area contributed by atoms with E-state index in [0.29, 0.717) is 0 Å². The molecule has 0 aliphatic carbocycles. The topological polar surface area (TPSA) is 26.0 Å². The maximum Gasteiger partial charge on any atom is 0.0648 e. The first-order chi connectivity index (χ1) is 6.79. The first kappa shape index (κ1) is 9.44. The molecule has 14 heavy (non-hydrogen) atoms. The Bertz CT molecular complexity index is 406. The Labute approximate surface area is 88.2 Å². The van der Waals surface area contributed by atoms with Gasteiger partial charge in [-0.05, 0) is 29.5 Å². The maximum atomic E-state index is 6.17. The van der Waals surface area contributed by atoms with Crippen molar-refractivity contribution in [3.63, 3.8) is 0 Å². The molecule has 0 aliphatic rings. The van der Waals surface area contributed by atoms with Crippen molar-refractivity contribution in [3.8, 4) is 0 Å². The highest BCUT2D eigenvalue weighted by atomic mass is 32.1. The first-order valence-electron chi connectivity index (χ1n) is 4.63. The predicted octanol–water partition coefficient (Wildman–Crippen LogP) is 3.10. The van der Waals surface area contributed by atoms with E-state index in [-0.39, 0.29) is 6.04 Å². The van der Waals surface area contributed by atoms with Gasteiger partial charge in [0.05, 0.1) is 6.04 Å². The molecule has 2 rings (SSSR count). The molecule has 0 saturated heterocycles. The standard InChI is InChI=1S/C12H13NS/c1-9-5-2-3-6-10(9)12(13)11-7-4-8-14-11/h2-8,12H,13H2,1H3/t12-/m1/s1. The van der Waals surface area contributed by atoms with E-state index in [1.54, 1.807) is 11.3 Å². The fraction of sp³-hybridized carbons (Fsp3) is 0.167. The van der Waals surface area contributed by atoms with Gasteiger partial charge in [-0.1, -0.05) is 30.3 Å². The average Bonchev–Trinajstić information content (AvgIpc) is 2.70. The van der Waals surface area contributed by atoms with Crippen LogP contribution in [0.15, 0.2) is 41.8 Å². The van der Waals surface area contributed by atoms with Crippen molar-refractivity contribution in [2.45, 2.75) is 13.0 Å². The van der Waals surface area contributed by atoms with Crippen LogP contribution in [-0.4, -0.2) is 0 Å². The second-order valence-electron chi connectivity index (χ2n) is 3.35. The Morgan fingerprint density at radius 2 is 1.93 bits per heavy atom. The van der Waals surface area contributed by atoms with Gasteiger partial charge < -0.3 is 5.73 Å². The molecule has 0 fully saturated rings. The van der Waals surface area contributed by atoms with Crippen molar-refractivity contribution in [1.29, 1.82) is 0 Å². The number of hydrogen-bond acceptors (Lipinski definition) is 2. The molecule has 72 valence electrons. The van der Waals surface area contributed by atoms with E-state index < -0.39 is 0 Å². The normalized spacial score (nSPS) is 12.7. The summed E-state index contributed by atoms with van der Waals surface area (Å²) in [6, 6.07) is 12.4. The number of rotatable bonds is 2. The summed E-state index contributed by atoms with van der Waals surface area (Å²) in [5.41, 5.74) is 8.65. The van der Waals surface area contributed by atoms with Crippen LogP contribution in [0.5, 0.6) is 0 Å². The van der Waals surface area contributed by atoms with Crippen molar-refractivity contribution in [2.24, 2.45) is 5.73 Å². The highest BCUT2D eigenvalue weighted by Crippen LogP contribution is 2.25. The van der Waals surface area contributed by atoms with E-state index in [0.717, 1.165) is 0 Å². The summed E-state index contributed by atoms with van der Waals surface area (Å²) in [5, 5.41) is 2.06. The summed E-state index contributed by atoms with van der Waals surface area (Å²) in [7, 11) is 0. The molecule has 1 nitrogen and oxygen atoms in total. The SMILES string of the molecule is Cc1ccccc1[C@@H](N)c1cccs1. The number of aryl methyl sites for hydroxylation is 1. The van der Waals surface area contributed by atoms with E-state index >= 15 is 0 Å². The molecule has 1 heterocycles. The van der Waals surface area contributed by atoms with Crippen LogP contribution >= 0.6 is 11.3 Å². The Kier molecular flexibility index (Phi) is 2.66. The largest absolute Gasteiger partial charge is 0.320 e. The Hall–Kier alpha value is -1.12. The van der Waals surface area contributed by atoms with Gasteiger partial charge in [-0.25, -0.2) is 0 Å². The lowest BCUT2D eigenvalue weighted by molar-refractivity contribution is 0.882. The molecule has 2 heteroatoms. The molecule has 0 spiro atoms. The van der Waals surface area contributed by atoms with Gasteiger partial charge in [0, 0.05) is 4.88 Å². The fourth-order valence-corrected chi connectivity index (χ4v) is 2.30. The van der Waals surface area contributed by atoms with Crippen molar-refractivity contribution in [3.05, 3.63) is 57.8 Å². The Morgan fingerprint density at radius 3 is 2.57 bits per heavy atom. The van der Waals surface area contributed by atoms with E-state index in [1.165, 1.54) is 16.0 Å². The van der Waals surface area contributed by atoms with Crippen LogP contribution in [0.3, 0.4) is 0 Å². The van der Waals surface area contributed by atoms with Crippen LogP contribution in [0.25, 0.3) is 0 Å². The van der Waals surface area contributed by atoms with Gasteiger partial charge >= 0.3 is 0 Å². The van der Waals surface area contributed by atoms with Gasteiger partial charge in [0.15, 0.2) is 0 Å². The Morgan fingerprint density at radius 1 is 1.14 bits per heavy atom. The van der Waals surface area contributed by atoms with E-state index in [1.807, 2.05) is 18.2 Å². The van der Waals surface area contributed by atoms with E-state index in [9.17, 15) is 0 Å². The summed E-state index contributed by atoms with van der Waals surface area (Å²) < 4.78 is 0. The van der Waals surface area contributed by atoms with Crippen molar-refractivity contribution >= 4 is 11.3 Å². The summed E-state index contributed by atoms with van der Waals surface area (Å²) >= 11 is 1.71. The molecular weight excluding hydrogens is 190 g/mol. The van der Waals surface area contributed by atoms with Crippen LogP contribution in [0.1, 0.15) is 22.0 Å². The summed E-state index contributed by atoms with van der Waals surface area (Å²) in [6.07, 6.45) is 0. The monoisotopic (exact) mass is 203 g/mol. The van der Waals surface area contributed by atoms with Crippen LogP contribution in [-0.2, 0) is 0 Å². The zero-order chi connectivity index (χ0) is 9.97. The number of nitrogens with two attached hydrogens (primary N) is 1. The fourth-order valence-electron chi connectivity index (χ4n) is 1.56. The third-order valence-electron chi connectivity index (χ3n) is 2.37. The zero-order valence-electron chi connectivity index (χ0n) is 8.10. The number of hydrogen-bond donors (Lipinski definition) is 1. The van der Waals surface area contributed by atoms with Crippen molar-refractivity contribution in [2.75, 3.05) is 0 Å². The van der Waals surface area contributed by atoms with Gasteiger partial charge in [0.2, 0.25) is 0 Å². The number of thiophene rings is 1. The van der Waals surface area contributed by atoms with Crippen LogP contribution in [0, 0.1) is 6.92 Å². The van der Waals surface area contributed by atoms with Crippen molar-refractivity contribution in [1.82, 2.24) is 0 Å². The minimum absolute atomic E-state index is 0.0243. The molecule has 0 aliphatic heterocycles. The lowest BCUT2D eigenvalue weighted by Crippen LogP contribution is -2.11. The van der Waals surface area contributed by atoms with Crippen LogP contribution in [0.2, 0.25) is 0 Å². The van der Waals surface area contributed by atoms with Gasteiger partial charge in [0.1, 0.15) is 0 Å². The molecule has 0 unspecified atom stereocenters. The predicted molar refractivity (Wildman–Crippen MR) is 61.5 cm³/mol. The highest BCUT2D eigenvalue weighted by Gasteiger charge is 2.10. The van der Waals surface area contributed by atoms with Crippen LogP contribution in [0.4, 0.5) is 0 Å². The van der Waals surface area contributed by atoms with Gasteiger partial charge in [0.25, 0.3) is 0 Å². The molecule has 0 radical (unpaired) electrons. The van der Waals surface area contributed by atoms with E-state index in [2.05, 4.69) is 30.5 Å². The average molecular weight is 203 g/mol. The van der Waals surface area contributed by atoms with Gasteiger partial charge in [-0.3, -0.25) is 0 Å². The summed E-state index contributed by atoms with van der Waals surface area (Å²) in [6.45, 7) is 2.10. The molecule has 1 aromatic heterocycles. The second kappa shape index (κ2) is 3.95. The van der Waals surface area contributed by atoms with Crippen molar-refractivity contribution < 1.29 is 0 Å². The van der Waals surface area contributed by atoms with Gasteiger partial charge in [-0.15, -0.1) is 11.3 Å². The Balaban J connectivity index is 2.37. The molecule has 2 aromatic rings. The molecule has 0 bridgehead atoms. The highest BCUT2D eigenvalue weighted by molar-refractivity contribution is 7.10. The first-order valence-corrected chi connectivity index (χ1v) is 5.51. The molecule has 0 amide bonds. The molecule has 1 atom stereocenters. The summed E-state index contributed by atoms with van der Waals surface area (Å²) in [5.74, 6) is 0. The molecule has 0 saturated carbocycles. The van der Waals surface area contributed by atoms with Gasteiger partial charge in [-0.2, -0.15) is 0 Å². The lowest BCUT2D eigenvalue weighted by atomic mass is 10.0. The quantitative estimate of drug-likeness (QED) is 0.797. The minimum Gasteiger partial charge on any atom is -0.320 e. The summed E-state index contributed by atoms with van der Waals surface area (Å²) in [4.78, 5) is 1.22. The number of benzene rings is 1. The molecule has 1 aromatic carbocycles. The van der Waals surface area contributed by atoms with Crippen LogP contribution < -0.4 is 5.73 Å².